The molecule has 1 heterocycles. The van der Waals surface area contributed by atoms with Crippen LogP contribution in [0.15, 0.2) is 23.6 Å². The van der Waals surface area contributed by atoms with Crippen molar-refractivity contribution in [3.05, 3.63) is 28.5 Å². The van der Waals surface area contributed by atoms with E-state index in [9.17, 15) is 4.79 Å². The molecular weight excluding hydrogens is 288 g/mol. The lowest BCUT2D eigenvalue weighted by Gasteiger charge is -2.07. The number of thiophene rings is 1. The number of hydrogen-bond donors (Lipinski definition) is 2. The second-order valence-corrected chi connectivity index (χ2v) is 5.90. The highest BCUT2D eigenvalue weighted by molar-refractivity contribution is 7.80. The van der Waals surface area contributed by atoms with Gasteiger partial charge < -0.3 is 5.32 Å². The van der Waals surface area contributed by atoms with Crippen molar-refractivity contribution in [3.63, 3.8) is 0 Å². The Hall–Kier alpha value is -1.20. The maximum Gasteiger partial charge on any atom is 0.250 e. The van der Waals surface area contributed by atoms with Crippen LogP contribution < -0.4 is 10.6 Å². The van der Waals surface area contributed by atoms with Crippen LogP contribution in [0.3, 0.4) is 0 Å². The zero-order valence-electron chi connectivity index (χ0n) is 11.9. The Labute approximate surface area is 130 Å². The van der Waals surface area contributed by atoms with Crippen LogP contribution in [-0.4, -0.2) is 17.6 Å². The minimum atomic E-state index is -0.193. The van der Waals surface area contributed by atoms with E-state index < -0.39 is 0 Å². The molecule has 2 N–H and O–H groups in total. The van der Waals surface area contributed by atoms with Crippen LogP contribution in [0.25, 0.3) is 6.08 Å². The van der Waals surface area contributed by atoms with Crippen molar-refractivity contribution in [2.45, 2.75) is 39.0 Å². The minimum Gasteiger partial charge on any atom is -0.362 e. The summed E-state index contributed by atoms with van der Waals surface area (Å²) in [5, 5.41) is 8.07. The highest BCUT2D eigenvalue weighted by Gasteiger charge is 2.00. The molecule has 1 aromatic heterocycles. The molecule has 1 amide bonds. The molecule has 0 aromatic carbocycles. The molecule has 0 fully saturated rings. The Morgan fingerprint density at radius 2 is 2.15 bits per heavy atom. The Bertz CT molecular complexity index is 427. The van der Waals surface area contributed by atoms with Gasteiger partial charge in [-0.2, -0.15) is 0 Å². The van der Waals surface area contributed by atoms with Gasteiger partial charge in [-0.15, -0.1) is 11.3 Å². The standard InChI is InChI=1S/C15H22N2OS2/c1-2-3-4-5-6-11-16-15(19)17-14(18)10-9-13-8-7-12-20-13/h7-10,12H,2-6,11H2,1H3,(H2,16,17,18,19). The van der Waals surface area contributed by atoms with Crippen LogP contribution in [0.4, 0.5) is 0 Å². The van der Waals surface area contributed by atoms with Gasteiger partial charge in [0.25, 0.3) is 0 Å². The Kier molecular flexibility index (Phi) is 8.91. The summed E-state index contributed by atoms with van der Waals surface area (Å²) in [7, 11) is 0. The summed E-state index contributed by atoms with van der Waals surface area (Å²) in [6.07, 6.45) is 9.37. The fourth-order valence-electron chi connectivity index (χ4n) is 1.67. The fraction of sp³-hybridized carbons (Fsp3) is 0.467. The zero-order valence-corrected chi connectivity index (χ0v) is 13.5. The quantitative estimate of drug-likeness (QED) is 0.437. The second-order valence-electron chi connectivity index (χ2n) is 4.51. The maximum absolute atomic E-state index is 11.6. The summed E-state index contributed by atoms with van der Waals surface area (Å²) >= 11 is 6.66. The highest BCUT2D eigenvalue weighted by atomic mass is 32.1. The average Bonchev–Trinajstić information content (AvgIpc) is 2.93. The molecule has 0 radical (unpaired) electrons. The topological polar surface area (TPSA) is 41.1 Å². The summed E-state index contributed by atoms with van der Waals surface area (Å²) in [6, 6.07) is 3.91. The smallest absolute Gasteiger partial charge is 0.250 e. The van der Waals surface area contributed by atoms with E-state index in [0.29, 0.717) is 5.11 Å². The fourth-order valence-corrected chi connectivity index (χ4v) is 2.49. The first-order chi connectivity index (χ1) is 9.72. The molecule has 0 bridgehead atoms. The summed E-state index contributed by atoms with van der Waals surface area (Å²) in [5.74, 6) is -0.193. The van der Waals surface area contributed by atoms with Crippen molar-refractivity contribution in [2.24, 2.45) is 0 Å². The van der Waals surface area contributed by atoms with Gasteiger partial charge in [0.1, 0.15) is 0 Å². The normalized spacial score (nSPS) is 10.7. The molecule has 5 heteroatoms. The molecule has 1 rings (SSSR count). The van der Waals surface area contributed by atoms with Crippen LogP contribution in [0.2, 0.25) is 0 Å². The van der Waals surface area contributed by atoms with Crippen LogP contribution >= 0.6 is 23.6 Å². The number of carbonyl (C=O) groups excluding carboxylic acids is 1. The van der Waals surface area contributed by atoms with E-state index in [1.807, 2.05) is 17.5 Å². The van der Waals surface area contributed by atoms with Crippen molar-refractivity contribution in [3.8, 4) is 0 Å². The van der Waals surface area contributed by atoms with Gasteiger partial charge in [0, 0.05) is 17.5 Å². The Morgan fingerprint density at radius 3 is 2.85 bits per heavy atom. The molecular formula is C15H22N2OS2. The van der Waals surface area contributed by atoms with Gasteiger partial charge in [-0.25, -0.2) is 0 Å². The third-order valence-electron chi connectivity index (χ3n) is 2.74. The monoisotopic (exact) mass is 310 g/mol. The lowest BCUT2D eigenvalue weighted by molar-refractivity contribution is -0.115. The molecule has 0 aliphatic carbocycles. The third-order valence-corrected chi connectivity index (χ3v) is 3.83. The number of nitrogens with one attached hydrogen (secondary N) is 2. The molecule has 0 saturated carbocycles. The number of rotatable bonds is 8. The molecule has 1 aromatic rings. The van der Waals surface area contributed by atoms with E-state index in [1.165, 1.54) is 31.8 Å². The molecule has 0 aliphatic rings. The Morgan fingerprint density at radius 1 is 1.35 bits per heavy atom. The van der Waals surface area contributed by atoms with Gasteiger partial charge in [0.05, 0.1) is 0 Å². The molecule has 3 nitrogen and oxygen atoms in total. The van der Waals surface area contributed by atoms with Crippen molar-refractivity contribution in [1.82, 2.24) is 10.6 Å². The molecule has 0 saturated heterocycles. The van der Waals surface area contributed by atoms with E-state index in [1.54, 1.807) is 17.4 Å². The van der Waals surface area contributed by atoms with Gasteiger partial charge in [-0.05, 0) is 36.2 Å². The summed E-state index contributed by atoms with van der Waals surface area (Å²) < 4.78 is 0. The first-order valence-electron chi connectivity index (χ1n) is 7.02. The van der Waals surface area contributed by atoms with Crippen LogP contribution in [0, 0.1) is 0 Å². The Balaban J connectivity index is 2.10. The largest absolute Gasteiger partial charge is 0.362 e. The SMILES string of the molecule is CCCCCCCNC(=S)NC(=O)C=Cc1cccs1. The molecule has 0 spiro atoms. The predicted octanol–water partition coefficient (Wildman–Crippen LogP) is 3.72. The van der Waals surface area contributed by atoms with E-state index in [4.69, 9.17) is 12.2 Å². The minimum absolute atomic E-state index is 0.193. The van der Waals surface area contributed by atoms with Gasteiger partial charge in [0.15, 0.2) is 5.11 Å². The number of carbonyl (C=O) groups is 1. The first-order valence-corrected chi connectivity index (χ1v) is 8.31. The van der Waals surface area contributed by atoms with E-state index >= 15 is 0 Å². The molecule has 0 atom stereocenters. The molecule has 0 aliphatic heterocycles. The van der Waals surface area contributed by atoms with E-state index in [2.05, 4.69) is 17.6 Å². The highest BCUT2D eigenvalue weighted by Crippen LogP contribution is 2.09. The summed E-state index contributed by atoms with van der Waals surface area (Å²) in [6.45, 7) is 3.02. The lowest BCUT2D eigenvalue weighted by atomic mass is 10.1. The van der Waals surface area contributed by atoms with E-state index in [-0.39, 0.29) is 5.91 Å². The molecule has 110 valence electrons. The third kappa shape index (κ3) is 8.07. The van der Waals surface area contributed by atoms with Crippen LogP contribution in [0.1, 0.15) is 43.9 Å². The lowest BCUT2D eigenvalue weighted by Crippen LogP contribution is -2.38. The molecule has 20 heavy (non-hydrogen) atoms. The van der Waals surface area contributed by atoms with Gasteiger partial charge in [-0.1, -0.05) is 38.7 Å². The predicted molar refractivity (Wildman–Crippen MR) is 90.9 cm³/mol. The number of amides is 1. The average molecular weight is 310 g/mol. The van der Waals surface area contributed by atoms with Crippen molar-refractivity contribution in [2.75, 3.05) is 6.54 Å². The van der Waals surface area contributed by atoms with E-state index in [0.717, 1.165) is 17.8 Å². The second kappa shape index (κ2) is 10.6. The first kappa shape index (κ1) is 16.9. The number of unbranched alkanes of at least 4 members (excludes halogenated alkanes) is 4. The summed E-state index contributed by atoms with van der Waals surface area (Å²) in [4.78, 5) is 12.7. The van der Waals surface area contributed by atoms with Crippen LogP contribution in [-0.2, 0) is 4.79 Å². The molecule has 0 unspecified atom stereocenters. The number of hydrogen-bond acceptors (Lipinski definition) is 3. The zero-order chi connectivity index (χ0) is 14.6. The van der Waals surface area contributed by atoms with Gasteiger partial charge >= 0.3 is 0 Å². The van der Waals surface area contributed by atoms with Crippen LogP contribution in [0.5, 0.6) is 0 Å². The summed E-state index contributed by atoms with van der Waals surface area (Å²) in [5.41, 5.74) is 0. The van der Waals surface area contributed by atoms with Crippen molar-refractivity contribution < 1.29 is 4.79 Å². The van der Waals surface area contributed by atoms with Crippen molar-refractivity contribution in [1.29, 1.82) is 0 Å². The maximum atomic E-state index is 11.6. The number of thiocarbonyl (C=S) groups is 1. The van der Waals surface area contributed by atoms with Crippen molar-refractivity contribution >= 4 is 40.7 Å². The van der Waals surface area contributed by atoms with Gasteiger partial charge in [-0.3, -0.25) is 10.1 Å². The van der Waals surface area contributed by atoms with Gasteiger partial charge in [0.2, 0.25) is 5.91 Å².